The molecule has 0 spiro atoms. The molecule has 0 aliphatic heterocycles. The largest absolute Gasteiger partial charge is 0.464 e. The molecule has 0 atom stereocenters. The molecule has 0 saturated heterocycles. The molecular weight excluding hydrogens is 194 g/mol. The zero-order valence-electron chi connectivity index (χ0n) is 8.60. The third kappa shape index (κ3) is 1.45. The molecule has 0 fully saturated rings. The quantitative estimate of drug-likeness (QED) is 0.688. The molecule has 15 heavy (non-hydrogen) atoms. The van der Waals surface area contributed by atoms with E-state index < -0.39 is 0 Å². The SMILES string of the molecule is CCc1nc2cnccn2c1C(=O)OC. The number of nitrogens with zero attached hydrogens (tertiary/aromatic N) is 3. The van der Waals surface area contributed by atoms with Crippen LogP contribution in [0.15, 0.2) is 18.6 Å². The first kappa shape index (κ1) is 9.64. The van der Waals surface area contributed by atoms with Crippen molar-refractivity contribution in [3.8, 4) is 0 Å². The summed E-state index contributed by atoms with van der Waals surface area (Å²) in [4.78, 5) is 19.8. The van der Waals surface area contributed by atoms with E-state index in [2.05, 4.69) is 9.97 Å². The summed E-state index contributed by atoms with van der Waals surface area (Å²) in [6, 6.07) is 0. The van der Waals surface area contributed by atoms with Gasteiger partial charge in [0.15, 0.2) is 11.3 Å². The molecule has 78 valence electrons. The van der Waals surface area contributed by atoms with Gasteiger partial charge in [0.25, 0.3) is 0 Å². The first-order chi connectivity index (χ1) is 7.27. The van der Waals surface area contributed by atoms with Crippen molar-refractivity contribution in [2.24, 2.45) is 0 Å². The Hall–Kier alpha value is -1.91. The van der Waals surface area contributed by atoms with Gasteiger partial charge in [0.2, 0.25) is 0 Å². The fourth-order valence-electron chi connectivity index (χ4n) is 1.51. The van der Waals surface area contributed by atoms with Crippen molar-refractivity contribution in [2.45, 2.75) is 13.3 Å². The van der Waals surface area contributed by atoms with Crippen molar-refractivity contribution in [1.82, 2.24) is 14.4 Å². The minimum absolute atomic E-state index is 0.370. The number of carbonyl (C=O) groups excluding carboxylic acids is 1. The van der Waals surface area contributed by atoms with Gasteiger partial charge in [0.05, 0.1) is 19.0 Å². The Bertz CT molecular complexity index is 504. The fraction of sp³-hybridized carbons (Fsp3) is 0.300. The van der Waals surface area contributed by atoms with E-state index in [1.165, 1.54) is 7.11 Å². The number of rotatable bonds is 2. The topological polar surface area (TPSA) is 56.5 Å². The highest BCUT2D eigenvalue weighted by atomic mass is 16.5. The van der Waals surface area contributed by atoms with E-state index in [4.69, 9.17) is 4.74 Å². The first-order valence-corrected chi connectivity index (χ1v) is 4.67. The molecule has 2 rings (SSSR count). The molecule has 0 bridgehead atoms. The van der Waals surface area contributed by atoms with Crippen LogP contribution in [0.3, 0.4) is 0 Å². The van der Waals surface area contributed by atoms with Crippen molar-refractivity contribution in [3.05, 3.63) is 30.0 Å². The summed E-state index contributed by atoms with van der Waals surface area (Å²) in [7, 11) is 1.36. The number of methoxy groups -OCH3 is 1. The fourth-order valence-corrected chi connectivity index (χ4v) is 1.51. The van der Waals surface area contributed by atoms with Crippen molar-refractivity contribution in [3.63, 3.8) is 0 Å². The minimum Gasteiger partial charge on any atom is -0.464 e. The van der Waals surface area contributed by atoms with Crippen LogP contribution in [0, 0.1) is 0 Å². The summed E-state index contributed by atoms with van der Waals surface area (Å²) in [6.07, 6.45) is 5.62. The van der Waals surface area contributed by atoms with Crippen LogP contribution in [-0.2, 0) is 11.2 Å². The molecule has 0 aromatic carbocycles. The van der Waals surface area contributed by atoms with Gasteiger partial charge in [-0.25, -0.2) is 9.78 Å². The minimum atomic E-state index is -0.370. The maximum absolute atomic E-state index is 11.6. The van der Waals surface area contributed by atoms with Crippen molar-refractivity contribution in [1.29, 1.82) is 0 Å². The lowest BCUT2D eigenvalue weighted by Crippen LogP contribution is -2.08. The van der Waals surface area contributed by atoms with Gasteiger partial charge in [-0.15, -0.1) is 0 Å². The molecule has 0 unspecified atom stereocenters. The molecule has 0 N–H and O–H groups in total. The number of aryl methyl sites for hydroxylation is 1. The molecule has 0 amide bonds. The van der Waals surface area contributed by atoms with Gasteiger partial charge in [-0.1, -0.05) is 6.92 Å². The summed E-state index contributed by atoms with van der Waals surface area (Å²) in [5.41, 5.74) is 1.88. The summed E-state index contributed by atoms with van der Waals surface area (Å²) in [5, 5.41) is 0. The van der Waals surface area contributed by atoms with Crippen LogP contribution in [0.2, 0.25) is 0 Å². The number of ether oxygens (including phenoxy) is 1. The lowest BCUT2D eigenvalue weighted by molar-refractivity contribution is 0.0591. The third-order valence-corrected chi connectivity index (χ3v) is 2.22. The Morgan fingerprint density at radius 3 is 3.07 bits per heavy atom. The first-order valence-electron chi connectivity index (χ1n) is 4.67. The van der Waals surface area contributed by atoms with Crippen molar-refractivity contribution in [2.75, 3.05) is 7.11 Å². The van der Waals surface area contributed by atoms with Gasteiger partial charge < -0.3 is 4.74 Å². The molecule has 2 aromatic rings. The van der Waals surface area contributed by atoms with Gasteiger partial charge in [-0.3, -0.25) is 9.38 Å². The zero-order valence-corrected chi connectivity index (χ0v) is 8.60. The molecule has 5 heteroatoms. The summed E-state index contributed by atoms with van der Waals surface area (Å²) in [6.45, 7) is 1.95. The Labute approximate surface area is 86.7 Å². The van der Waals surface area contributed by atoms with E-state index in [1.807, 2.05) is 6.92 Å². The molecule has 0 aliphatic carbocycles. The Morgan fingerprint density at radius 2 is 2.40 bits per heavy atom. The number of imidazole rings is 1. The maximum Gasteiger partial charge on any atom is 0.357 e. The van der Waals surface area contributed by atoms with Crippen molar-refractivity contribution >= 4 is 11.6 Å². The van der Waals surface area contributed by atoms with Crippen LogP contribution in [0.4, 0.5) is 0 Å². The van der Waals surface area contributed by atoms with Gasteiger partial charge >= 0.3 is 5.97 Å². The highest BCUT2D eigenvalue weighted by molar-refractivity contribution is 5.89. The third-order valence-electron chi connectivity index (χ3n) is 2.22. The van der Waals surface area contributed by atoms with Crippen LogP contribution in [0.25, 0.3) is 5.65 Å². The molecular formula is C10H11N3O2. The second-order valence-corrected chi connectivity index (χ2v) is 3.06. The van der Waals surface area contributed by atoms with Gasteiger partial charge in [0, 0.05) is 12.4 Å². The number of fused-ring (bicyclic) bond motifs is 1. The Morgan fingerprint density at radius 1 is 1.60 bits per heavy atom. The lowest BCUT2D eigenvalue weighted by Gasteiger charge is -2.00. The highest BCUT2D eigenvalue weighted by Gasteiger charge is 2.18. The average molecular weight is 205 g/mol. The predicted octanol–water partition coefficient (Wildman–Crippen LogP) is 1.08. The lowest BCUT2D eigenvalue weighted by atomic mass is 10.2. The number of hydrogen-bond donors (Lipinski definition) is 0. The van der Waals surface area contributed by atoms with E-state index in [9.17, 15) is 4.79 Å². The molecule has 2 heterocycles. The van der Waals surface area contributed by atoms with Gasteiger partial charge in [-0.2, -0.15) is 0 Å². The summed E-state index contributed by atoms with van der Waals surface area (Å²) in [5.74, 6) is -0.370. The molecule has 2 aromatic heterocycles. The average Bonchev–Trinajstić information content (AvgIpc) is 2.66. The second kappa shape index (κ2) is 3.68. The van der Waals surface area contributed by atoms with E-state index in [1.54, 1.807) is 23.0 Å². The number of carbonyl (C=O) groups is 1. The smallest absolute Gasteiger partial charge is 0.357 e. The van der Waals surface area contributed by atoms with Gasteiger partial charge in [0.1, 0.15) is 0 Å². The molecule has 0 aliphatic rings. The molecule has 0 saturated carbocycles. The van der Waals surface area contributed by atoms with Crippen LogP contribution in [0.1, 0.15) is 23.1 Å². The molecule has 0 radical (unpaired) electrons. The van der Waals surface area contributed by atoms with E-state index in [0.717, 1.165) is 5.69 Å². The number of esters is 1. The Balaban J connectivity index is 2.72. The molecule has 5 nitrogen and oxygen atoms in total. The summed E-state index contributed by atoms with van der Waals surface area (Å²) < 4.78 is 6.42. The van der Waals surface area contributed by atoms with E-state index in [0.29, 0.717) is 17.8 Å². The zero-order chi connectivity index (χ0) is 10.8. The maximum atomic E-state index is 11.6. The highest BCUT2D eigenvalue weighted by Crippen LogP contribution is 2.13. The number of aromatic nitrogens is 3. The van der Waals surface area contributed by atoms with Crippen LogP contribution >= 0.6 is 0 Å². The number of hydrogen-bond acceptors (Lipinski definition) is 4. The Kier molecular flexibility index (Phi) is 2.37. The predicted molar refractivity (Wildman–Crippen MR) is 53.7 cm³/mol. The van der Waals surface area contributed by atoms with Crippen LogP contribution < -0.4 is 0 Å². The second-order valence-electron chi connectivity index (χ2n) is 3.06. The van der Waals surface area contributed by atoms with E-state index in [-0.39, 0.29) is 5.97 Å². The van der Waals surface area contributed by atoms with Gasteiger partial charge in [-0.05, 0) is 6.42 Å². The normalized spacial score (nSPS) is 10.5. The van der Waals surface area contributed by atoms with Crippen molar-refractivity contribution < 1.29 is 9.53 Å². The monoisotopic (exact) mass is 205 g/mol. The summed E-state index contributed by atoms with van der Waals surface area (Å²) >= 11 is 0. The van der Waals surface area contributed by atoms with E-state index >= 15 is 0 Å². The van der Waals surface area contributed by atoms with Crippen LogP contribution in [0.5, 0.6) is 0 Å². The van der Waals surface area contributed by atoms with Crippen LogP contribution in [-0.4, -0.2) is 27.4 Å². The standard InChI is InChI=1S/C10H11N3O2/c1-3-7-9(10(14)15-2)13-5-4-11-6-8(13)12-7/h4-6H,3H2,1-2H3.